The van der Waals surface area contributed by atoms with Crippen LogP contribution in [0.3, 0.4) is 0 Å². The highest BCUT2D eigenvalue weighted by Gasteiger charge is 2.22. The van der Waals surface area contributed by atoms with Gasteiger partial charge in [0.05, 0.1) is 0 Å². The molecule has 1 atom stereocenters. The second kappa shape index (κ2) is 6.73. The minimum Gasteiger partial charge on any atom is -0.323 e. The summed E-state index contributed by atoms with van der Waals surface area (Å²) in [6, 6.07) is 6.82. The quantitative estimate of drug-likeness (QED) is 0.907. The number of hydrogen-bond acceptors (Lipinski definition) is 2. The number of nitrogens with two attached hydrogens (primary N) is 1. The molecule has 0 amide bonds. The summed E-state index contributed by atoms with van der Waals surface area (Å²) in [5.74, 6) is 1.73. The maximum atomic E-state index is 6.42. The summed E-state index contributed by atoms with van der Waals surface area (Å²) in [5.41, 5.74) is 10.3. The van der Waals surface area contributed by atoms with Crippen molar-refractivity contribution in [3.8, 4) is 0 Å². The summed E-state index contributed by atoms with van der Waals surface area (Å²) >= 11 is 0. The summed E-state index contributed by atoms with van der Waals surface area (Å²) < 4.78 is 0. The third-order valence-corrected chi connectivity index (χ3v) is 4.70. The van der Waals surface area contributed by atoms with E-state index in [1.165, 1.54) is 42.6 Å². The Balaban J connectivity index is 1.90. The molecule has 0 aliphatic carbocycles. The van der Waals surface area contributed by atoms with Crippen LogP contribution in [-0.2, 0) is 0 Å². The van der Waals surface area contributed by atoms with E-state index in [0.29, 0.717) is 0 Å². The number of rotatable bonds is 4. The first kappa shape index (κ1) is 15.5. The molecule has 2 N–H and O–H groups in total. The predicted octanol–water partition coefficient (Wildman–Crippen LogP) is 3.67. The maximum Gasteiger partial charge on any atom is 0.0424 e. The van der Waals surface area contributed by atoms with E-state index in [1.54, 1.807) is 0 Å². The van der Waals surface area contributed by atoms with Gasteiger partial charge in [-0.05, 0) is 57.2 Å². The normalized spacial score (nSPS) is 19.5. The standard InChI is InChI=1S/C18H30N2/c1-13(2)16-5-7-20(8-6-16)12-18(19)17-10-14(3)9-15(4)11-17/h9-11,13,16,18H,5-8,12,19H2,1-4H3. The number of piperidine rings is 1. The second-order valence-corrected chi connectivity index (χ2v) is 6.91. The highest BCUT2D eigenvalue weighted by atomic mass is 15.1. The molecule has 1 aromatic carbocycles. The molecule has 1 saturated heterocycles. The molecular weight excluding hydrogens is 244 g/mol. The van der Waals surface area contributed by atoms with Crippen LogP contribution in [0.4, 0.5) is 0 Å². The number of hydrogen-bond donors (Lipinski definition) is 1. The molecule has 1 heterocycles. The maximum absolute atomic E-state index is 6.42. The van der Waals surface area contributed by atoms with Gasteiger partial charge in [0.2, 0.25) is 0 Å². The lowest BCUT2D eigenvalue weighted by atomic mass is 9.86. The minimum atomic E-state index is 0.143. The summed E-state index contributed by atoms with van der Waals surface area (Å²) in [6.07, 6.45) is 2.66. The van der Waals surface area contributed by atoms with Gasteiger partial charge in [0.15, 0.2) is 0 Å². The highest BCUT2D eigenvalue weighted by molar-refractivity contribution is 5.30. The molecule has 2 rings (SSSR count). The smallest absolute Gasteiger partial charge is 0.0424 e. The van der Waals surface area contributed by atoms with Gasteiger partial charge in [-0.1, -0.05) is 43.2 Å². The fraction of sp³-hybridized carbons (Fsp3) is 0.667. The molecule has 1 fully saturated rings. The van der Waals surface area contributed by atoms with Gasteiger partial charge in [-0.3, -0.25) is 0 Å². The van der Waals surface area contributed by atoms with Crippen molar-refractivity contribution in [2.75, 3.05) is 19.6 Å². The third kappa shape index (κ3) is 4.07. The van der Waals surface area contributed by atoms with E-state index in [0.717, 1.165) is 18.4 Å². The lowest BCUT2D eigenvalue weighted by Crippen LogP contribution is -2.39. The zero-order chi connectivity index (χ0) is 14.7. The van der Waals surface area contributed by atoms with Crippen molar-refractivity contribution in [2.24, 2.45) is 17.6 Å². The Morgan fingerprint density at radius 2 is 1.65 bits per heavy atom. The second-order valence-electron chi connectivity index (χ2n) is 6.91. The average molecular weight is 274 g/mol. The summed E-state index contributed by atoms with van der Waals surface area (Å²) in [7, 11) is 0. The Hall–Kier alpha value is -0.860. The molecule has 0 radical (unpaired) electrons. The Morgan fingerprint density at radius 1 is 1.10 bits per heavy atom. The van der Waals surface area contributed by atoms with Crippen LogP contribution < -0.4 is 5.73 Å². The Bertz CT molecular complexity index is 411. The fourth-order valence-electron chi connectivity index (χ4n) is 3.41. The van der Waals surface area contributed by atoms with E-state index >= 15 is 0 Å². The van der Waals surface area contributed by atoms with Gasteiger partial charge in [0.25, 0.3) is 0 Å². The summed E-state index contributed by atoms with van der Waals surface area (Å²) in [4.78, 5) is 2.54. The summed E-state index contributed by atoms with van der Waals surface area (Å²) in [6.45, 7) is 12.4. The molecule has 1 unspecified atom stereocenters. The lowest BCUT2D eigenvalue weighted by Gasteiger charge is -2.35. The molecule has 20 heavy (non-hydrogen) atoms. The van der Waals surface area contributed by atoms with Crippen LogP contribution in [0, 0.1) is 25.7 Å². The van der Waals surface area contributed by atoms with E-state index in [2.05, 4.69) is 50.8 Å². The van der Waals surface area contributed by atoms with Gasteiger partial charge in [-0.15, -0.1) is 0 Å². The minimum absolute atomic E-state index is 0.143. The first-order valence-electron chi connectivity index (χ1n) is 8.02. The van der Waals surface area contributed by atoms with Crippen LogP contribution in [0.5, 0.6) is 0 Å². The monoisotopic (exact) mass is 274 g/mol. The molecule has 1 aliphatic rings. The molecule has 2 nitrogen and oxygen atoms in total. The van der Waals surface area contributed by atoms with Crippen LogP contribution in [0.1, 0.15) is 49.4 Å². The fourth-order valence-corrected chi connectivity index (χ4v) is 3.41. The largest absolute Gasteiger partial charge is 0.323 e. The SMILES string of the molecule is Cc1cc(C)cc(C(N)CN2CCC(C(C)C)CC2)c1. The Kier molecular flexibility index (Phi) is 5.22. The number of aryl methyl sites for hydroxylation is 2. The predicted molar refractivity (Wildman–Crippen MR) is 86.8 cm³/mol. The molecule has 2 heteroatoms. The molecule has 0 aromatic heterocycles. The molecule has 112 valence electrons. The van der Waals surface area contributed by atoms with E-state index in [-0.39, 0.29) is 6.04 Å². The van der Waals surface area contributed by atoms with Crippen molar-refractivity contribution in [3.63, 3.8) is 0 Å². The van der Waals surface area contributed by atoms with Gasteiger partial charge in [-0.25, -0.2) is 0 Å². The zero-order valence-electron chi connectivity index (χ0n) is 13.5. The van der Waals surface area contributed by atoms with E-state index in [9.17, 15) is 0 Å². The number of benzene rings is 1. The lowest BCUT2D eigenvalue weighted by molar-refractivity contribution is 0.151. The van der Waals surface area contributed by atoms with Crippen LogP contribution in [0.15, 0.2) is 18.2 Å². The van der Waals surface area contributed by atoms with Gasteiger partial charge < -0.3 is 10.6 Å². The molecule has 1 aliphatic heterocycles. The van der Waals surface area contributed by atoms with Crippen molar-refractivity contribution in [2.45, 2.75) is 46.6 Å². The highest BCUT2D eigenvalue weighted by Crippen LogP contribution is 2.25. The van der Waals surface area contributed by atoms with Crippen LogP contribution in [0.25, 0.3) is 0 Å². The van der Waals surface area contributed by atoms with Crippen molar-refractivity contribution < 1.29 is 0 Å². The van der Waals surface area contributed by atoms with E-state index in [1.807, 2.05) is 0 Å². The van der Waals surface area contributed by atoms with Gasteiger partial charge in [0, 0.05) is 12.6 Å². The van der Waals surface area contributed by atoms with E-state index < -0.39 is 0 Å². The molecule has 1 aromatic rings. The van der Waals surface area contributed by atoms with Gasteiger partial charge >= 0.3 is 0 Å². The average Bonchev–Trinajstić information content (AvgIpc) is 2.38. The van der Waals surface area contributed by atoms with Crippen molar-refractivity contribution in [3.05, 3.63) is 34.9 Å². The van der Waals surface area contributed by atoms with Gasteiger partial charge in [-0.2, -0.15) is 0 Å². The Morgan fingerprint density at radius 3 is 2.15 bits per heavy atom. The topological polar surface area (TPSA) is 29.3 Å². The molecule has 0 bridgehead atoms. The number of nitrogens with zero attached hydrogens (tertiary/aromatic N) is 1. The van der Waals surface area contributed by atoms with E-state index in [4.69, 9.17) is 5.73 Å². The first-order valence-corrected chi connectivity index (χ1v) is 8.02. The van der Waals surface area contributed by atoms with Crippen LogP contribution in [-0.4, -0.2) is 24.5 Å². The van der Waals surface area contributed by atoms with Crippen LogP contribution >= 0.6 is 0 Å². The molecule has 0 saturated carbocycles. The van der Waals surface area contributed by atoms with Gasteiger partial charge in [0.1, 0.15) is 0 Å². The number of likely N-dealkylation sites (tertiary alicyclic amines) is 1. The zero-order valence-corrected chi connectivity index (χ0v) is 13.5. The van der Waals surface area contributed by atoms with Crippen molar-refractivity contribution in [1.29, 1.82) is 0 Å². The van der Waals surface area contributed by atoms with Crippen molar-refractivity contribution in [1.82, 2.24) is 4.90 Å². The molecule has 0 spiro atoms. The molecular formula is C18H30N2. The van der Waals surface area contributed by atoms with Crippen molar-refractivity contribution >= 4 is 0 Å². The van der Waals surface area contributed by atoms with Crippen LogP contribution in [0.2, 0.25) is 0 Å². The first-order chi connectivity index (χ1) is 9.45. The summed E-state index contributed by atoms with van der Waals surface area (Å²) in [5, 5.41) is 0. The third-order valence-electron chi connectivity index (χ3n) is 4.70. The Labute approximate surface area is 124 Å².